The Balaban J connectivity index is 4.11. The summed E-state index contributed by atoms with van der Waals surface area (Å²) in [6.07, 6.45) is -4.64. The molecule has 0 fully saturated rings. The van der Waals surface area contributed by atoms with Crippen molar-refractivity contribution in [3.63, 3.8) is 0 Å². The quantitative estimate of drug-likeness (QED) is 0.361. The van der Waals surface area contributed by atoms with Gasteiger partial charge in [0.15, 0.2) is 18.8 Å². The summed E-state index contributed by atoms with van der Waals surface area (Å²) in [7, 11) is 0. The van der Waals surface area contributed by atoms with Gasteiger partial charge in [0.1, 0.15) is 0 Å². The van der Waals surface area contributed by atoms with Crippen LogP contribution in [0.2, 0.25) is 0 Å². The fourth-order valence-electron chi connectivity index (χ4n) is 0.482. The molecule has 80 valence electrons. The standard InChI is InChI=1S/C6H8O8/c7-2(8)1-14-6(13)4(10)3(9)5(11)12/h3-4,9-10H,1H2,(H,7,8)(H,11,12). The Morgan fingerprint density at radius 2 is 1.57 bits per heavy atom. The van der Waals surface area contributed by atoms with Gasteiger partial charge in [0.25, 0.3) is 0 Å². The van der Waals surface area contributed by atoms with Crippen LogP contribution in [0.5, 0.6) is 0 Å². The van der Waals surface area contributed by atoms with E-state index < -0.39 is 36.7 Å². The van der Waals surface area contributed by atoms with Crippen molar-refractivity contribution < 1.29 is 39.5 Å². The van der Waals surface area contributed by atoms with Crippen molar-refractivity contribution in [3.05, 3.63) is 0 Å². The smallest absolute Gasteiger partial charge is 0.341 e. The zero-order valence-electron chi connectivity index (χ0n) is 6.78. The Morgan fingerprint density at radius 1 is 1.07 bits per heavy atom. The maximum absolute atomic E-state index is 10.6. The summed E-state index contributed by atoms with van der Waals surface area (Å²) in [6.45, 7) is -1.01. The van der Waals surface area contributed by atoms with E-state index in [0.29, 0.717) is 0 Å². The van der Waals surface area contributed by atoms with Crippen LogP contribution in [0, 0.1) is 0 Å². The lowest BCUT2D eigenvalue weighted by Crippen LogP contribution is -2.41. The summed E-state index contributed by atoms with van der Waals surface area (Å²) < 4.78 is 3.92. The maximum atomic E-state index is 10.6. The molecule has 0 saturated heterocycles. The number of aliphatic carboxylic acids is 2. The van der Waals surface area contributed by atoms with E-state index in [1.807, 2.05) is 0 Å². The average Bonchev–Trinajstić information content (AvgIpc) is 2.11. The van der Waals surface area contributed by atoms with Gasteiger partial charge in [0.2, 0.25) is 0 Å². The Hall–Kier alpha value is -1.67. The molecule has 0 aliphatic heterocycles. The number of esters is 1. The lowest BCUT2D eigenvalue weighted by molar-refractivity contribution is -0.172. The predicted molar refractivity (Wildman–Crippen MR) is 38.2 cm³/mol. The third-order valence-electron chi connectivity index (χ3n) is 1.13. The molecule has 0 rings (SSSR count). The van der Waals surface area contributed by atoms with Crippen molar-refractivity contribution in [1.82, 2.24) is 0 Å². The number of hydrogen-bond acceptors (Lipinski definition) is 6. The van der Waals surface area contributed by atoms with E-state index in [1.165, 1.54) is 0 Å². The van der Waals surface area contributed by atoms with Crippen LogP contribution in [-0.4, -0.2) is 57.1 Å². The SMILES string of the molecule is O=C(O)COC(=O)C(O)C(O)C(=O)O. The molecule has 4 N–H and O–H groups in total. The number of hydrogen-bond donors (Lipinski definition) is 4. The number of carboxylic acids is 2. The molecule has 0 amide bonds. The highest BCUT2D eigenvalue weighted by atomic mass is 16.6. The highest BCUT2D eigenvalue weighted by Crippen LogP contribution is 1.97. The van der Waals surface area contributed by atoms with E-state index in [9.17, 15) is 14.4 Å². The number of aliphatic hydroxyl groups excluding tert-OH is 2. The van der Waals surface area contributed by atoms with E-state index >= 15 is 0 Å². The summed E-state index contributed by atoms with van der Waals surface area (Å²) >= 11 is 0. The average molecular weight is 208 g/mol. The number of carbonyl (C=O) groups is 3. The van der Waals surface area contributed by atoms with Crippen LogP contribution < -0.4 is 0 Å². The van der Waals surface area contributed by atoms with Crippen molar-refractivity contribution in [2.45, 2.75) is 12.2 Å². The largest absolute Gasteiger partial charge is 0.479 e. The van der Waals surface area contributed by atoms with Crippen molar-refractivity contribution in [3.8, 4) is 0 Å². The molecule has 0 bridgehead atoms. The van der Waals surface area contributed by atoms with Crippen LogP contribution in [-0.2, 0) is 19.1 Å². The third kappa shape index (κ3) is 3.83. The molecule has 0 aromatic rings. The van der Waals surface area contributed by atoms with Gasteiger partial charge < -0.3 is 25.2 Å². The first kappa shape index (κ1) is 12.3. The zero-order chi connectivity index (χ0) is 11.3. The summed E-state index contributed by atoms with van der Waals surface area (Å²) in [6, 6.07) is 0. The minimum Gasteiger partial charge on any atom is -0.479 e. The molecule has 2 unspecified atom stereocenters. The molecule has 8 nitrogen and oxygen atoms in total. The number of carbonyl (C=O) groups excluding carboxylic acids is 1. The van der Waals surface area contributed by atoms with Gasteiger partial charge in [-0.05, 0) is 0 Å². The molecule has 0 spiro atoms. The summed E-state index contributed by atoms with van der Waals surface area (Å²) in [5.41, 5.74) is 0. The first-order chi connectivity index (χ1) is 6.36. The lowest BCUT2D eigenvalue weighted by Gasteiger charge is -2.11. The van der Waals surface area contributed by atoms with Crippen LogP contribution in [0.1, 0.15) is 0 Å². The number of aliphatic hydroxyl groups is 2. The van der Waals surface area contributed by atoms with Crippen LogP contribution in [0.3, 0.4) is 0 Å². The molecule has 0 aromatic heterocycles. The van der Waals surface area contributed by atoms with Crippen LogP contribution >= 0.6 is 0 Å². The van der Waals surface area contributed by atoms with E-state index in [2.05, 4.69) is 4.74 Å². The molecule has 0 saturated carbocycles. The van der Waals surface area contributed by atoms with Crippen LogP contribution in [0.25, 0.3) is 0 Å². The van der Waals surface area contributed by atoms with Crippen molar-refractivity contribution in [2.75, 3.05) is 6.61 Å². The molecule has 2 atom stereocenters. The zero-order valence-corrected chi connectivity index (χ0v) is 6.78. The van der Waals surface area contributed by atoms with E-state index in [4.69, 9.17) is 20.4 Å². The van der Waals surface area contributed by atoms with Gasteiger partial charge in [-0.2, -0.15) is 0 Å². The second kappa shape index (κ2) is 5.14. The second-order valence-electron chi connectivity index (χ2n) is 2.23. The topological polar surface area (TPSA) is 141 Å². The number of ether oxygens (including phenoxy) is 1. The van der Waals surface area contributed by atoms with Crippen molar-refractivity contribution in [2.24, 2.45) is 0 Å². The number of carboxylic acid groups (broad SMARTS) is 2. The molecular weight excluding hydrogens is 200 g/mol. The van der Waals surface area contributed by atoms with Gasteiger partial charge in [-0.1, -0.05) is 0 Å². The highest BCUT2D eigenvalue weighted by molar-refractivity contribution is 5.85. The molecule has 0 aliphatic carbocycles. The Kier molecular flexibility index (Phi) is 4.53. The summed E-state index contributed by atoms with van der Waals surface area (Å²) in [4.78, 5) is 30.6. The van der Waals surface area contributed by atoms with Gasteiger partial charge in [-0.15, -0.1) is 0 Å². The third-order valence-corrected chi connectivity index (χ3v) is 1.13. The van der Waals surface area contributed by atoms with E-state index in [1.54, 1.807) is 0 Å². The molecule has 0 aromatic carbocycles. The maximum Gasteiger partial charge on any atom is 0.341 e. The molecule has 8 heteroatoms. The fourth-order valence-corrected chi connectivity index (χ4v) is 0.482. The first-order valence-electron chi connectivity index (χ1n) is 3.33. The minimum atomic E-state index is -2.34. The predicted octanol–water partition coefficient (Wildman–Crippen LogP) is -2.58. The molecule has 14 heavy (non-hydrogen) atoms. The second-order valence-corrected chi connectivity index (χ2v) is 2.23. The van der Waals surface area contributed by atoms with Gasteiger partial charge in [-0.3, -0.25) is 0 Å². The monoisotopic (exact) mass is 208 g/mol. The van der Waals surface area contributed by atoms with Crippen LogP contribution in [0.15, 0.2) is 0 Å². The van der Waals surface area contributed by atoms with E-state index in [0.717, 1.165) is 0 Å². The highest BCUT2D eigenvalue weighted by Gasteiger charge is 2.31. The van der Waals surface area contributed by atoms with Crippen molar-refractivity contribution >= 4 is 17.9 Å². The minimum absolute atomic E-state index is 1.01. The van der Waals surface area contributed by atoms with Gasteiger partial charge in [-0.25, -0.2) is 14.4 Å². The van der Waals surface area contributed by atoms with Gasteiger partial charge in [0, 0.05) is 0 Å². The van der Waals surface area contributed by atoms with Crippen LogP contribution in [0.4, 0.5) is 0 Å². The lowest BCUT2D eigenvalue weighted by atomic mass is 10.2. The Labute approximate surface area is 77.3 Å². The number of rotatable bonds is 5. The molecule has 0 heterocycles. The molecule has 0 radical (unpaired) electrons. The van der Waals surface area contributed by atoms with E-state index in [-0.39, 0.29) is 0 Å². The summed E-state index contributed by atoms with van der Waals surface area (Å²) in [5, 5.41) is 33.6. The normalized spacial score (nSPS) is 14.1. The Morgan fingerprint density at radius 3 is 1.93 bits per heavy atom. The van der Waals surface area contributed by atoms with Crippen molar-refractivity contribution in [1.29, 1.82) is 0 Å². The van der Waals surface area contributed by atoms with Gasteiger partial charge >= 0.3 is 17.9 Å². The fraction of sp³-hybridized carbons (Fsp3) is 0.500. The Bertz CT molecular complexity index is 246. The summed E-state index contributed by atoms with van der Waals surface area (Å²) in [5.74, 6) is -4.79. The van der Waals surface area contributed by atoms with Gasteiger partial charge in [0.05, 0.1) is 0 Å². The first-order valence-corrected chi connectivity index (χ1v) is 3.33. The molecule has 0 aliphatic rings. The molecular formula is C6H8O8.